The first-order chi connectivity index (χ1) is 8.85. The zero-order chi connectivity index (χ0) is 14.0. The molecule has 0 atom stereocenters. The van der Waals surface area contributed by atoms with Crippen LogP contribution in [-0.2, 0) is 4.74 Å². The molecule has 0 radical (unpaired) electrons. The van der Waals surface area contributed by atoms with E-state index in [-0.39, 0.29) is 0 Å². The third-order valence-corrected chi connectivity index (χ3v) is 2.17. The highest BCUT2D eigenvalue weighted by Gasteiger charge is 2.16. The van der Waals surface area contributed by atoms with Crippen LogP contribution in [0.15, 0.2) is 12.4 Å². The van der Waals surface area contributed by atoms with E-state index in [0.29, 0.717) is 16.7 Å². The Morgan fingerprint density at radius 3 is 2.89 bits per heavy atom. The number of halogens is 1. The highest BCUT2D eigenvalue weighted by atomic mass is 35.5. The van der Waals surface area contributed by atoms with Gasteiger partial charge in [-0.15, -0.1) is 0 Å². The average Bonchev–Trinajstić information content (AvgIpc) is 2.72. The van der Waals surface area contributed by atoms with Crippen molar-refractivity contribution in [1.82, 2.24) is 25.0 Å². The van der Waals surface area contributed by atoms with Gasteiger partial charge in [-0.05, 0) is 20.8 Å². The summed E-state index contributed by atoms with van der Waals surface area (Å²) in [5.41, 5.74) is 4.36. The number of hydrogen-bond acceptors (Lipinski definition) is 6. The monoisotopic (exact) mass is 284 g/mol. The summed E-state index contributed by atoms with van der Waals surface area (Å²) in [5, 5.41) is 4.19. The van der Waals surface area contributed by atoms with E-state index in [1.165, 1.54) is 16.9 Å². The van der Waals surface area contributed by atoms with E-state index in [2.05, 4.69) is 25.9 Å². The van der Waals surface area contributed by atoms with Crippen molar-refractivity contribution < 1.29 is 9.53 Å². The van der Waals surface area contributed by atoms with Gasteiger partial charge in [0.2, 0.25) is 0 Å². The van der Waals surface area contributed by atoms with Crippen molar-refractivity contribution in [1.29, 1.82) is 0 Å². The standard InChI is InChI=1S/C10H13ClN6O2/c1-10(2,3)19-9(18)16-15-7-4-6(11)17-8(14-7)12-5-13-17/h4-5H,1-3H3,(H,16,18)(H,12,13,14,15). The second-order valence-electron chi connectivity index (χ2n) is 4.69. The third-order valence-electron chi connectivity index (χ3n) is 1.90. The van der Waals surface area contributed by atoms with E-state index < -0.39 is 11.7 Å². The van der Waals surface area contributed by atoms with Crippen LogP contribution in [0.25, 0.3) is 5.78 Å². The molecule has 0 saturated carbocycles. The number of nitrogens with one attached hydrogen (secondary N) is 2. The molecule has 1 amide bonds. The van der Waals surface area contributed by atoms with Crippen LogP contribution in [0.5, 0.6) is 0 Å². The van der Waals surface area contributed by atoms with Gasteiger partial charge in [0.25, 0.3) is 5.78 Å². The first kappa shape index (κ1) is 13.3. The van der Waals surface area contributed by atoms with Crippen molar-refractivity contribution in [2.75, 3.05) is 5.43 Å². The topological polar surface area (TPSA) is 93.4 Å². The minimum Gasteiger partial charge on any atom is -0.443 e. The molecule has 0 saturated heterocycles. The summed E-state index contributed by atoms with van der Waals surface area (Å²) in [6, 6.07) is 1.50. The van der Waals surface area contributed by atoms with Gasteiger partial charge in [0.05, 0.1) is 0 Å². The number of amides is 1. The Balaban J connectivity index is 2.04. The molecule has 0 aliphatic rings. The van der Waals surface area contributed by atoms with E-state index in [4.69, 9.17) is 16.3 Å². The Hall–Kier alpha value is -2.09. The number of ether oxygens (including phenoxy) is 1. The molecule has 2 aromatic heterocycles. The molecule has 0 fully saturated rings. The Labute approximate surface area is 114 Å². The molecule has 0 aliphatic heterocycles. The Morgan fingerprint density at radius 1 is 1.47 bits per heavy atom. The first-order valence-electron chi connectivity index (χ1n) is 5.46. The van der Waals surface area contributed by atoms with Gasteiger partial charge in [-0.1, -0.05) is 11.6 Å². The van der Waals surface area contributed by atoms with Crippen LogP contribution in [0.3, 0.4) is 0 Å². The summed E-state index contributed by atoms with van der Waals surface area (Å²) in [4.78, 5) is 19.4. The third kappa shape index (κ3) is 3.44. The number of aromatic nitrogens is 4. The minimum atomic E-state index is -0.619. The fraction of sp³-hybridized carbons (Fsp3) is 0.400. The molecule has 19 heavy (non-hydrogen) atoms. The lowest BCUT2D eigenvalue weighted by atomic mass is 10.2. The SMILES string of the molecule is CC(C)(C)OC(=O)NNc1cc(Cl)n2ncnc2n1. The highest BCUT2D eigenvalue weighted by Crippen LogP contribution is 2.13. The van der Waals surface area contributed by atoms with Gasteiger partial charge in [-0.2, -0.15) is 19.6 Å². The number of hydrazine groups is 1. The smallest absolute Gasteiger partial charge is 0.426 e. The van der Waals surface area contributed by atoms with Crippen molar-refractivity contribution in [2.45, 2.75) is 26.4 Å². The molecule has 9 heteroatoms. The predicted molar refractivity (Wildman–Crippen MR) is 68.8 cm³/mol. The number of anilines is 1. The molecule has 0 aliphatic carbocycles. The normalized spacial score (nSPS) is 11.4. The first-order valence-corrected chi connectivity index (χ1v) is 5.84. The summed E-state index contributed by atoms with van der Waals surface area (Å²) in [5.74, 6) is 0.650. The molecular formula is C10H13ClN6O2. The van der Waals surface area contributed by atoms with Crippen molar-refractivity contribution in [3.8, 4) is 0 Å². The summed E-state index contributed by atoms with van der Waals surface area (Å²) >= 11 is 5.96. The maximum Gasteiger partial charge on any atom is 0.426 e. The quantitative estimate of drug-likeness (QED) is 0.643. The van der Waals surface area contributed by atoms with E-state index in [9.17, 15) is 4.79 Å². The number of hydrogen-bond donors (Lipinski definition) is 2. The van der Waals surface area contributed by atoms with Crippen LogP contribution in [0, 0.1) is 0 Å². The van der Waals surface area contributed by atoms with E-state index in [1.807, 2.05) is 0 Å². The lowest BCUT2D eigenvalue weighted by Gasteiger charge is -2.19. The van der Waals surface area contributed by atoms with Crippen LogP contribution in [-0.4, -0.2) is 31.3 Å². The van der Waals surface area contributed by atoms with Crippen molar-refractivity contribution in [3.63, 3.8) is 0 Å². The molecule has 0 aromatic carbocycles. The number of rotatable bonds is 2. The lowest BCUT2D eigenvalue weighted by molar-refractivity contribution is 0.0541. The molecule has 2 N–H and O–H groups in total. The van der Waals surface area contributed by atoms with Gasteiger partial charge in [0, 0.05) is 6.07 Å². The minimum absolute atomic E-state index is 0.316. The van der Waals surface area contributed by atoms with E-state index in [0.717, 1.165) is 0 Å². The molecular weight excluding hydrogens is 272 g/mol. The Kier molecular flexibility index (Phi) is 3.43. The second kappa shape index (κ2) is 4.88. The molecule has 2 heterocycles. The summed E-state index contributed by atoms with van der Waals surface area (Å²) in [6.07, 6.45) is 0.714. The van der Waals surface area contributed by atoms with Crippen molar-refractivity contribution >= 4 is 29.3 Å². The predicted octanol–water partition coefficient (Wildman–Crippen LogP) is 1.63. The number of fused-ring (bicyclic) bond motifs is 1. The summed E-state index contributed by atoms with van der Waals surface area (Å²) in [7, 11) is 0. The number of carbonyl (C=O) groups excluding carboxylic acids is 1. The molecule has 0 spiro atoms. The van der Waals surface area contributed by atoms with Crippen molar-refractivity contribution in [3.05, 3.63) is 17.5 Å². The average molecular weight is 285 g/mol. The molecule has 8 nitrogen and oxygen atoms in total. The maximum atomic E-state index is 11.4. The van der Waals surface area contributed by atoms with Gasteiger partial charge in [0.1, 0.15) is 17.1 Å². The highest BCUT2D eigenvalue weighted by molar-refractivity contribution is 6.29. The van der Waals surface area contributed by atoms with Gasteiger partial charge in [-0.3, -0.25) is 5.43 Å². The maximum absolute atomic E-state index is 11.4. The van der Waals surface area contributed by atoms with Gasteiger partial charge < -0.3 is 4.74 Å². The zero-order valence-corrected chi connectivity index (χ0v) is 11.4. The van der Waals surface area contributed by atoms with Crippen molar-refractivity contribution in [2.24, 2.45) is 0 Å². The number of nitrogens with zero attached hydrogens (tertiary/aromatic N) is 4. The van der Waals surface area contributed by atoms with Crippen LogP contribution >= 0.6 is 11.6 Å². The molecule has 0 unspecified atom stereocenters. The molecule has 102 valence electrons. The summed E-state index contributed by atoms with van der Waals surface area (Å²) < 4.78 is 6.42. The fourth-order valence-electron chi connectivity index (χ4n) is 1.26. The Morgan fingerprint density at radius 2 is 2.21 bits per heavy atom. The Bertz CT molecular complexity index is 606. The van der Waals surface area contributed by atoms with Gasteiger partial charge in [0.15, 0.2) is 5.82 Å². The zero-order valence-electron chi connectivity index (χ0n) is 10.6. The van der Waals surface area contributed by atoms with Crippen LogP contribution < -0.4 is 10.9 Å². The largest absolute Gasteiger partial charge is 0.443 e. The van der Waals surface area contributed by atoms with Crippen LogP contribution in [0.4, 0.5) is 10.6 Å². The van der Waals surface area contributed by atoms with Gasteiger partial charge in [-0.25, -0.2) is 10.2 Å². The summed E-state index contributed by atoms with van der Waals surface area (Å²) in [6.45, 7) is 5.30. The molecule has 2 aromatic rings. The molecule has 2 rings (SSSR count). The number of carbonyl (C=O) groups is 1. The van der Waals surface area contributed by atoms with Crippen LogP contribution in [0.1, 0.15) is 20.8 Å². The molecule has 0 bridgehead atoms. The van der Waals surface area contributed by atoms with Gasteiger partial charge >= 0.3 is 6.09 Å². The fourth-order valence-corrected chi connectivity index (χ4v) is 1.48. The van der Waals surface area contributed by atoms with E-state index >= 15 is 0 Å². The second-order valence-corrected chi connectivity index (χ2v) is 5.08. The van der Waals surface area contributed by atoms with Crippen LogP contribution in [0.2, 0.25) is 5.15 Å². The van der Waals surface area contributed by atoms with E-state index in [1.54, 1.807) is 20.8 Å². The lowest BCUT2D eigenvalue weighted by Crippen LogP contribution is -2.36.